The molecule has 0 bridgehead atoms. The molecule has 2 rings (SSSR count). The first-order valence-corrected chi connectivity index (χ1v) is 8.32. The molecule has 154 valence electrons. The zero-order valence-corrected chi connectivity index (χ0v) is 17.9. The second-order valence-electron chi connectivity index (χ2n) is 6.10. The summed E-state index contributed by atoms with van der Waals surface area (Å²) in [5.74, 6) is 1.83. The first-order valence-electron chi connectivity index (χ1n) is 8.32. The average Bonchev–Trinajstić information content (AvgIpc) is 3.03. The fraction of sp³-hybridized carbons (Fsp3) is 0.588. The lowest BCUT2D eigenvalue weighted by molar-refractivity contribution is -0.143. The molecule has 1 fully saturated rings. The van der Waals surface area contributed by atoms with Gasteiger partial charge in [0.15, 0.2) is 17.5 Å². The number of nitrogens with zero attached hydrogens (tertiary/aromatic N) is 2. The Hall–Kier alpha value is -1.43. The number of benzene rings is 1. The van der Waals surface area contributed by atoms with Gasteiger partial charge < -0.3 is 20.1 Å². The Kier molecular flexibility index (Phi) is 9.43. The van der Waals surface area contributed by atoms with Crippen molar-refractivity contribution < 1.29 is 22.6 Å². The molecule has 0 aliphatic carbocycles. The maximum absolute atomic E-state index is 12.5. The topological polar surface area (TPSA) is 58.1 Å². The Morgan fingerprint density at radius 1 is 1.26 bits per heavy atom. The second-order valence-corrected chi connectivity index (χ2v) is 6.10. The van der Waals surface area contributed by atoms with Gasteiger partial charge in [-0.05, 0) is 24.1 Å². The minimum absolute atomic E-state index is 0. The minimum atomic E-state index is -4.16. The minimum Gasteiger partial charge on any atom is -0.493 e. The van der Waals surface area contributed by atoms with Gasteiger partial charge in [-0.1, -0.05) is 6.07 Å². The number of hydrogen-bond donors (Lipinski definition) is 2. The number of hydrogen-bond acceptors (Lipinski definition) is 4. The molecule has 0 amide bonds. The van der Waals surface area contributed by atoms with Crippen molar-refractivity contribution in [3.63, 3.8) is 0 Å². The molecule has 0 spiro atoms. The van der Waals surface area contributed by atoms with Crippen molar-refractivity contribution in [3.8, 4) is 11.5 Å². The lowest BCUT2D eigenvalue weighted by atomic mass is 10.2. The van der Waals surface area contributed by atoms with E-state index in [2.05, 4.69) is 15.6 Å². The molecule has 27 heavy (non-hydrogen) atoms. The smallest absolute Gasteiger partial charge is 0.401 e. The summed E-state index contributed by atoms with van der Waals surface area (Å²) in [5.41, 5.74) is 0.968. The average molecular weight is 502 g/mol. The highest BCUT2D eigenvalue weighted by molar-refractivity contribution is 14.0. The first kappa shape index (κ1) is 23.6. The van der Waals surface area contributed by atoms with E-state index in [0.29, 0.717) is 43.5 Å². The van der Waals surface area contributed by atoms with E-state index < -0.39 is 12.7 Å². The van der Waals surface area contributed by atoms with Crippen LogP contribution >= 0.6 is 24.0 Å². The second kappa shape index (κ2) is 10.8. The van der Waals surface area contributed by atoms with Crippen LogP contribution in [0.3, 0.4) is 0 Å². The molecule has 1 aliphatic rings. The third-order valence-electron chi connectivity index (χ3n) is 4.15. The van der Waals surface area contributed by atoms with Gasteiger partial charge in [0, 0.05) is 32.7 Å². The summed E-state index contributed by atoms with van der Waals surface area (Å²) in [6.45, 7) is 0.391. The number of aliphatic imine (C=N–C) groups is 1. The number of guanidine groups is 1. The SMILES string of the molecule is CN=C(NCc1ccc(OC)c(OC)c1)NC1CCN(CC(F)(F)F)C1.I. The Labute approximate surface area is 174 Å². The highest BCUT2D eigenvalue weighted by Gasteiger charge is 2.34. The van der Waals surface area contributed by atoms with Crippen molar-refractivity contribution in [2.45, 2.75) is 25.2 Å². The molecular weight excluding hydrogens is 476 g/mol. The lowest BCUT2D eigenvalue weighted by Gasteiger charge is -2.20. The van der Waals surface area contributed by atoms with E-state index in [-0.39, 0.29) is 30.0 Å². The van der Waals surface area contributed by atoms with Crippen LogP contribution in [0.4, 0.5) is 13.2 Å². The van der Waals surface area contributed by atoms with E-state index in [9.17, 15) is 13.2 Å². The molecular formula is C17H26F3IN4O2. The van der Waals surface area contributed by atoms with E-state index in [1.807, 2.05) is 18.2 Å². The van der Waals surface area contributed by atoms with Gasteiger partial charge in [-0.3, -0.25) is 9.89 Å². The largest absolute Gasteiger partial charge is 0.493 e. The third kappa shape index (κ3) is 7.60. The molecule has 1 saturated heterocycles. The van der Waals surface area contributed by atoms with Crippen LogP contribution in [0.5, 0.6) is 11.5 Å². The van der Waals surface area contributed by atoms with Crippen LogP contribution in [0, 0.1) is 0 Å². The molecule has 1 atom stereocenters. The molecule has 0 saturated carbocycles. The zero-order chi connectivity index (χ0) is 19.2. The molecule has 1 aromatic carbocycles. The maximum atomic E-state index is 12.5. The molecule has 10 heteroatoms. The van der Waals surface area contributed by atoms with Gasteiger partial charge >= 0.3 is 6.18 Å². The lowest BCUT2D eigenvalue weighted by Crippen LogP contribution is -2.44. The Bertz CT molecular complexity index is 629. The van der Waals surface area contributed by atoms with E-state index >= 15 is 0 Å². The number of ether oxygens (including phenoxy) is 2. The van der Waals surface area contributed by atoms with Crippen LogP contribution in [0.25, 0.3) is 0 Å². The van der Waals surface area contributed by atoms with Crippen LogP contribution in [-0.2, 0) is 6.54 Å². The standard InChI is InChI=1S/C17H25F3N4O2.HI/c1-21-16(23-13-6-7-24(10-13)11-17(18,19)20)22-9-12-4-5-14(25-2)15(8-12)26-3;/h4-5,8,13H,6-7,9-11H2,1-3H3,(H2,21,22,23);1H. The van der Waals surface area contributed by atoms with Gasteiger partial charge in [-0.15, -0.1) is 24.0 Å². The summed E-state index contributed by atoms with van der Waals surface area (Å²) in [7, 11) is 4.78. The number of likely N-dealkylation sites (tertiary alicyclic amines) is 1. The van der Waals surface area contributed by atoms with E-state index in [0.717, 1.165) is 5.56 Å². The number of methoxy groups -OCH3 is 2. The van der Waals surface area contributed by atoms with Crippen LogP contribution in [0.2, 0.25) is 0 Å². The third-order valence-corrected chi connectivity index (χ3v) is 4.15. The van der Waals surface area contributed by atoms with Crippen molar-refractivity contribution in [2.24, 2.45) is 4.99 Å². The van der Waals surface area contributed by atoms with Crippen molar-refractivity contribution in [1.82, 2.24) is 15.5 Å². The fourth-order valence-electron chi connectivity index (χ4n) is 2.91. The van der Waals surface area contributed by atoms with Crippen molar-refractivity contribution in [3.05, 3.63) is 23.8 Å². The zero-order valence-electron chi connectivity index (χ0n) is 15.6. The number of halogens is 4. The maximum Gasteiger partial charge on any atom is 0.401 e. The van der Waals surface area contributed by atoms with Gasteiger partial charge in [0.25, 0.3) is 0 Å². The van der Waals surface area contributed by atoms with Gasteiger partial charge in [0.05, 0.1) is 20.8 Å². The Morgan fingerprint density at radius 2 is 1.96 bits per heavy atom. The molecule has 1 unspecified atom stereocenters. The summed E-state index contributed by atoms with van der Waals surface area (Å²) < 4.78 is 47.9. The van der Waals surface area contributed by atoms with E-state index in [1.54, 1.807) is 21.3 Å². The van der Waals surface area contributed by atoms with E-state index in [4.69, 9.17) is 9.47 Å². The van der Waals surface area contributed by atoms with Gasteiger partial charge in [-0.2, -0.15) is 13.2 Å². The molecule has 1 aliphatic heterocycles. The van der Waals surface area contributed by atoms with Crippen molar-refractivity contribution in [1.29, 1.82) is 0 Å². The summed E-state index contributed by atoms with van der Waals surface area (Å²) in [4.78, 5) is 5.54. The number of nitrogens with one attached hydrogen (secondary N) is 2. The van der Waals surface area contributed by atoms with Gasteiger partial charge in [-0.25, -0.2) is 0 Å². The predicted octanol–water partition coefficient (Wildman–Crippen LogP) is 2.62. The van der Waals surface area contributed by atoms with Crippen molar-refractivity contribution >= 4 is 29.9 Å². The van der Waals surface area contributed by atoms with Crippen molar-refractivity contribution in [2.75, 3.05) is 40.9 Å². The number of rotatable bonds is 6. The predicted molar refractivity (Wildman–Crippen MR) is 109 cm³/mol. The number of alkyl halides is 3. The molecule has 6 nitrogen and oxygen atoms in total. The van der Waals surface area contributed by atoms with Crippen LogP contribution in [0.15, 0.2) is 23.2 Å². The molecule has 0 radical (unpaired) electrons. The molecule has 1 heterocycles. The van der Waals surface area contributed by atoms with Crippen LogP contribution in [-0.4, -0.2) is 64.0 Å². The van der Waals surface area contributed by atoms with Crippen LogP contribution < -0.4 is 20.1 Å². The molecule has 0 aromatic heterocycles. The fourth-order valence-corrected chi connectivity index (χ4v) is 2.91. The Morgan fingerprint density at radius 3 is 2.56 bits per heavy atom. The van der Waals surface area contributed by atoms with Gasteiger partial charge in [0.1, 0.15) is 0 Å². The first-order chi connectivity index (χ1) is 12.3. The summed E-state index contributed by atoms with van der Waals surface area (Å²) in [6, 6.07) is 5.52. The highest BCUT2D eigenvalue weighted by atomic mass is 127. The van der Waals surface area contributed by atoms with Crippen LogP contribution in [0.1, 0.15) is 12.0 Å². The Balaban J connectivity index is 0.00000364. The van der Waals surface area contributed by atoms with Gasteiger partial charge in [0.2, 0.25) is 0 Å². The monoisotopic (exact) mass is 502 g/mol. The summed E-state index contributed by atoms with van der Waals surface area (Å²) in [5, 5.41) is 6.34. The normalized spacial score (nSPS) is 18.0. The molecule has 1 aromatic rings. The quantitative estimate of drug-likeness (QED) is 0.356. The summed E-state index contributed by atoms with van der Waals surface area (Å²) >= 11 is 0. The highest BCUT2D eigenvalue weighted by Crippen LogP contribution is 2.27. The van der Waals surface area contributed by atoms with E-state index in [1.165, 1.54) is 4.90 Å². The summed E-state index contributed by atoms with van der Waals surface area (Å²) in [6.07, 6.45) is -3.52. The molecule has 2 N–H and O–H groups in total.